The van der Waals surface area contributed by atoms with Crippen LogP contribution >= 0.6 is 11.8 Å². The van der Waals surface area contributed by atoms with E-state index in [0.29, 0.717) is 19.4 Å². The molecule has 0 radical (unpaired) electrons. The van der Waals surface area contributed by atoms with Gasteiger partial charge in [0.25, 0.3) is 0 Å². The number of fused-ring (bicyclic) bond motifs is 4. The molecular weight excluding hydrogens is 420 g/mol. The molecule has 164 valence electrons. The number of rotatable bonds is 3. The Balaban J connectivity index is 1.28. The first-order valence-corrected chi connectivity index (χ1v) is 12.0. The first kappa shape index (κ1) is 20.0. The first-order valence-electron chi connectivity index (χ1n) is 11.2. The molecule has 1 amide bonds. The highest BCUT2D eigenvalue weighted by Gasteiger charge is 2.50. The normalized spacial score (nSPS) is 26.6. The molecule has 4 heterocycles. The van der Waals surface area contributed by atoms with Gasteiger partial charge < -0.3 is 9.67 Å². The van der Waals surface area contributed by atoms with Gasteiger partial charge in [-0.25, -0.2) is 4.98 Å². The van der Waals surface area contributed by atoms with Gasteiger partial charge in [0.15, 0.2) is 0 Å². The fourth-order valence-electron chi connectivity index (χ4n) is 5.77. The summed E-state index contributed by atoms with van der Waals surface area (Å²) in [6.45, 7) is 0.360. The number of aromatic nitrogens is 2. The van der Waals surface area contributed by atoms with E-state index < -0.39 is 5.60 Å². The number of nitrogens with zero attached hydrogens (tertiary/aromatic N) is 4. The maximum atomic E-state index is 13.8. The predicted molar refractivity (Wildman–Crippen MR) is 124 cm³/mol. The summed E-state index contributed by atoms with van der Waals surface area (Å²) in [5.74, 6) is 0.820. The second kappa shape index (κ2) is 7.47. The lowest BCUT2D eigenvalue weighted by atomic mass is 9.85. The number of amides is 1. The van der Waals surface area contributed by atoms with E-state index in [1.165, 1.54) is 0 Å². The van der Waals surface area contributed by atoms with E-state index in [2.05, 4.69) is 22.0 Å². The largest absolute Gasteiger partial charge is 0.382 e. The number of aliphatic hydroxyl groups is 1. The summed E-state index contributed by atoms with van der Waals surface area (Å²) >= 11 is 1.71. The molecule has 2 bridgehead atoms. The second-order valence-corrected chi connectivity index (χ2v) is 10.2. The zero-order valence-corrected chi connectivity index (χ0v) is 18.8. The van der Waals surface area contributed by atoms with Crippen LogP contribution in [0, 0.1) is 0 Å². The monoisotopic (exact) mass is 446 g/mol. The number of benzene rings is 2. The summed E-state index contributed by atoms with van der Waals surface area (Å²) in [5.41, 5.74) is 0.982. The van der Waals surface area contributed by atoms with E-state index in [-0.39, 0.29) is 18.0 Å². The molecule has 1 N–H and O–H groups in total. The van der Waals surface area contributed by atoms with Gasteiger partial charge in [-0.3, -0.25) is 14.6 Å². The van der Waals surface area contributed by atoms with Crippen LogP contribution in [0.4, 0.5) is 11.4 Å². The van der Waals surface area contributed by atoms with Crippen molar-refractivity contribution in [2.75, 3.05) is 11.4 Å². The SMILES string of the molecule is Cn1ccnc1C1(O)CC2CCC(C1)N2CC(=O)N1c2ccccc2Sc2ccccc21. The van der Waals surface area contributed by atoms with Gasteiger partial charge in [0.2, 0.25) is 5.91 Å². The Morgan fingerprint density at radius 1 is 1.06 bits per heavy atom. The molecule has 1 aromatic heterocycles. The maximum Gasteiger partial charge on any atom is 0.245 e. The van der Waals surface area contributed by atoms with Crippen molar-refractivity contribution in [1.82, 2.24) is 14.5 Å². The van der Waals surface area contributed by atoms with Gasteiger partial charge in [-0.1, -0.05) is 36.0 Å². The van der Waals surface area contributed by atoms with Crippen molar-refractivity contribution in [3.05, 3.63) is 66.7 Å². The van der Waals surface area contributed by atoms with Crippen LogP contribution in [-0.2, 0) is 17.4 Å². The summed E-state index contributed by atoms with van der Waals surface area (Å²) in [6, 6.07) is 16.6. The average Bonchev–Trinajstić information content (AvgIpc) is 3.33. The summed E-state index contributed by atoms with van der Waals surface area (Å²) in [6.07, 6.45) is 6.87. The molecule has 2 atom stereocenters. The molecular formula is C25H26N4O2S. The molecule has 3 aliphatic heterocycles. The number of hydrogen-bond donors (Lipinski definition) is 1. The van der Waals surface area contributed by atoms with Crippen molar-refractivity contribution >= 4 is 29.0 Å². The van der Waals surface area contributed by atoms with E-state index >= 15 is 0 Å². The Hall–Kier alpha value is -2.61. The highest BCUT2D eigenvalue weighted by atomic mass is 32.2. The molecule has 2 unspecified atom stereocenters. The van der Waals surface area contributed by atoms with Crippen molar-refractivity contribution in [2.45, 2.75) is 53.2 Å². The number of aryl methyl sites for hydroxylation is 1. The minimum absolute atomic E-state index is 0.0875. The lowest BCUT2D eigenvalue weighted by molar-refractivity contribution is -0.123. The third kappa shape index (κ3) is 3.10. The van der Waals surface area contributed by atoms with Crippen molar-refractivity contribution in [3.8, 4) is 0 Å². The van der Waals surface area contributed by atoms with Crippen LogP contribution in [0.1, 0.15) is 31.5 Å². The number of anilines is 2. The van der Waals surface area contributed by atoms with Gasteiger partial charge in [0.1, 0.15) is 11.4 Å². The molecule has 7 heteroatoms. The molecule has 6 nitrogen and oxygen atoms in total. The Morgan fingerprint density at radius 2 is 1.66 bits per heavy atom. The third-order valence-corrected chi connectivity index (χ3v) is 8.28. The summed E-state index contributed by atoms with van der Waals surface area (Å²) < 4.78 is 1.92. The molecule has 3 aliphatic rings. The Kier molecular flexibility index (Phi) is 4.68. The topological polar surface area (TPSA) is 61.6 Å². The molecule has 32 heavy (non-hydrogen) atoms. The van der Waals surface area contributed by atoms with Gasteiger partial charge >= 0.3 is 0 Å². The van der Waals surface area contributed by atoms with Crippen molar-refractivity contribution < 1.29 is 9.90 Å². The minimum Gasteiger partial charge on any atom is -0.382 e. The molecule has 3 aromatic rings. The Morgan fingerprint density at radius 3 is 2.22 bits per heavy atom. The van der Waals surface area contributed by atoms with E-state index in [1.807, 2.05) is 59.1 Å². The van der Waals surface area contributed by atoms with Crippen LogP contribution in [0.3, 0.4) is 0 Å². The van der Waals surface area contributed by atoms with Crippen molar-refractivity contribution in [2.24, 2.45) is 7.05 Å². The first-order chi connectivity index (χ1) is 15.5. The number of carbonyl (C=O) groups is 1. The molecule has 2 fully saturated rings. The fourth-order valence-corrected chi connectivity index (χ4v) is 6.83. The molecule has 0 saturated carbocycles. The van der Waals surface area contributed by atoms with E-state index in [1.54, 1.807) is 18.0 Å². The van der Waals surface area contributed by atoms with Crippen molar-refractivity contribution in [3.63, 3.8) is 0 Å². The van der Waals surface area contributed by atoms with Gasteiger partial charge in [0.05, 0.1) is 17.9 Å². The molecule has 0 aliphatic carbocycles. The van der Waals surface area contributed by atoms with Crippen LogP contribution in [-0.4, -0.2) is 44.1 Å². The molecule has 6 rings (SSSR count). The van der Waals surface area contributed by atoms with Crippen LogP contribution in [0.25, 0.3) is 0 Å². The highest BCUT2D eigenvalue weighted by Crippen LogP contribution is 2.49. The van der Waals surface area contributed by atoms with Crippen LogP contribution in [0.2, 0.25) is 0 Å². The number of imidazole rings is 1. The zero-order chi connectivity index (χ0) is 21.9. The summed E-state index contributed by atoms with van der Waals surface area (Å²) in [4.78, 5) is 24.6. The standard InChI is InChI=1S/C25H26N4O2S/c1-27-13-12-26-24(27)25(31)14-17-10-11-18(15-25)28(17)16-23(30)29-19-6-2-4-8-21(19)32-22-9-5-3-7-20(22)29/h2-9,12-13,17-18,31H,10-11,14-16H2,1H3. The third-order valence-electron chi connectivity index (χ3n) is 7.15. The lowest BCUT2D eigenvalue weighted by Gasteiger charge is -2.43. The maximum absolute atomic E-state index is 13.8. The zero-order valence-electron chi connectivity index (χ0n) is 18.0. The van der Waals surface area contributed by atoms with Gasteiger partial charge in [-0.2, -0.15) is 0 Å². The van der Waals surface area contributed by atoms with E-state index in [9.17, 15) is 9.90 Å². The summed E-state index contributed by atoms with van der Waals surface area (Å²) in [5, 5.41) is 11.4. The fraction of sp³-hybridized carbons (Fsp3) is 0.360. The number of hydrogen-bond acceptors (Lipinski definition) is 5. The Bertz CT molecular complexity index is 1130. The predicted octanol–water partition coefficient (Wildman–Crippen LogP) is 4.06. The van der Waals surface area contributed by atoms with E-state index in [0.717, 1.165) is 39.8 Å². The van der Waals surface area contributed by atoms with Crippen LogP contribution in [0.15, 0.2) is 70.7 Å². The van der Waals surface area contributed by atoms with E-state index in [4.69, 9.17) is 0 Å². The molecule has 2 aromatic carbocycles. The van der Waals surface area contributed by atoms with Gasteiger partial charge in [-0.15, -0.1) is 0 Å². The number of carbonyl (C=O) groups excluding carboxylic acids is 1. The van der Waals surface area contributed by atoms with Crippen LogP contribution < -0.4 is 4.90 Å². The van der Waals surface area contributed by atoms with Crippen molar-refractivity contribution in [1.29, 1.82) is 0 Å². The Labute approximate surface area is 191 Å². The van der Waals surface area contributed by atoms with Gasteiger partial charge in [0, 0.05) is 41.3 Å². The number of para-hydroxylation sites is 2. The number of piperidine rings is 1. The molecule has 0 spiro atoms. The highest BCUT2D eigenvalue weighted by molar-refractivity contribution is 7.99. The minimum atomic E-state index is -0.926. The van der Waals surface area contributed by atoms with Crippen LogP contribution in [0.5, 0.6) is 0 Å². The summed E-state index contributed by atoms with van der Waals surface area (Å²) in [7, 11) is 1.93. The average molecular weight is 447 g/mol. The smallest absolute Gasteiger partial charge is 0.245 e. The lowest BCUT2D eigenvalue weighted by Crippen LogP contribution is -2.53. The quantitative estimate of drug-likeness (QED) is 0.657. The van der Waals surface area contributed by atoms with Gasteiger partial charge in [-0.05, 0) is 49.9 Å². The second-order valence-electron chi connectivity index (χ2n) is 9.13. The molecule has 2 saturated heterocycles.